The average molecular weight is 323 g/mol. The van der Waals surface area contributed by atoms with Crippen molar-refractivity contribution in [3.05, 3.63) is 41.7 Å². The van der Waals surface area contributed by atoms with E-state index in [1.54, 1.807) is 18.2 Å². The predicted molar refractivity (Wildman–Crippen MR) is 80.3 cm³/mol. The Morgan fingerprint density at radius 1 is 1.05 bits per heavy atom. The lowest BCUT2D eigenvalue weighted by Crippen LogP contribution is -2.24. The highest BCUT2D eigenvalue weighted by Crippen LogP contribution is 2.29. The molecule has 0 aliphatic heterocycles. The lowest BCUT2D eigenvalue weighted by Gasteiger charge is -2.10. The Morgan fingerprint density at radius 3 is 2.36 bits per heavy atom. The van der Waals surface area contributed by atoms with Crippen molar-refractivity contribution in [2.24, 2.45) is 0 Å². The molecule has 0 bridgehead atoms. The van der Waals surface area contributed by atoms with Gasteiger partial charge in [0.2, 0.25) is 10.0 Å². The highest BCUT2D eigenvalue weighted by Gasteiger charge is 2.17. The Morgan fingerprint density at radius 2 is 1.77 bits per heavy atom. The van der Waals surface area contributed by atoms with Crippen LogP contribution < -0.4 is 14.2 Å². The van der Waals surface area contributed by atoms with Gasteiger partial charge in [0, 0.05) is 6.07 Å². The number of nitrogens with one attached hydrogen (secondary N) is 1. The van der Waals surface area contributed by atoms with Crippen molar-refractivity contribution in [3.8, 4) is 11.5 Å². The summed E-state index contributed by atoms with van der Waals surface area (Å²) >= 11 is 0. The van der Waals surface area contributed by atoms with Crippen LogP contribution in [0.1, 0.15) is 11.4 Å². The molecule has 0 spiro atoms. The smallest absolute Gasteiger partial charge is 0.241 e. The number of methoxy groups -OCH3 is 2. The minimum Gasteiger partial charge on any atom is -0.493 e. The molecule has 2 aromatic rings. The largest absolute Gasteiger partial charge is 0.493 e. The van der Waals surface area contributed by atoms with Crippen molar-refractivity contribution < 1.29 is 17.9 Å². The Labute approximate surface area is 129 Å². The van der Waals surface area contributed by atoms with Gasteiger partial charge in [-0.25, -0.2) is 13.1 Å². The molecule has 0 saturated heterocycles. The third kappa shape index (κ3) is 3.71. The van der Waals surface area contributed by atoms with E-state index in [1.165, 1.54) is 26.4 Å². The van der Waals surface area contributed by atoms with Crippen LogP contribution in [0.15, 0.2) is 35.2 Å². The monoisotopic (exact) mass is 323 g/mol. The average Bonchev–Trinajstić information content (AvgIpc) is 2.53. The summed E-state index contributed by atoms with van der Waals surface area (Å²) in [6.45, 7) is 1.87. The van der Waals surface area contributed by atoms with Crippen LogP contribution in [-0.4, -0.2) is 32.8 Å². The van der Waals surface area contributed by atoms with E-state index in [4.69, 9.17) is 9.47 Å². The number of hydrogen-bond donors (Lipinski definition) is 1. The van der Waals surface area contributed by atoms with E-state index in [9.17, 15) is 8.42 Å². The van der Waals surface area contributed by atoms with Gasteiger partial charge in [-0.3, -0.25) is 0 Å². The van der Waals surface area contributed by atoms with Crippen molar-refractivity contribution in [2.75, 3.05) is 14.2 Å². The third-order valence-electron chi connectivity index (χ3n) is 2.96. The first kappa shape index (κ1) is 16.2. The van der Waals surface area contributed by atoms with Crippen molar-refractivity contribution in [3.63, 3.8) is 0 Å². The Kier molecular flexibility index (Phi) is 4.94. The Hall–Kier alpha value is -2.19. The van der Waals surface area contributed by atoms with Gasteiger partial charge < -0.3 is 9.47 Å². The molecule has 22 heavy (non-hydrogen) atoms. The van der Waals surface area contributed by atoms with Crippen LogP contribution in [0.2, 0.25) is 0 Å². The van der Waals surface area contributed by atoms with Gasteiger partial charge in [-0.15, -0.1) is 0 Å². The van der Waals surface area contributed by atoms with Gasteiger partial charge in [0.25, 0.3) is 0 Å². The van der Waals surface area contributed by atoms with Gasteiger partial charge >= 0.3 is 0 Å². The fourth-order valence-corrected chi connectivity index (χ4v) is 2.77. The van der Waals surface area contributed by atoms with E-state index in [1.807, 2.05) is 6.92 Å². The zero-order chi connectivity index (χ0) is 16.2. The first-order valence-electron chi connectivity index (χ1n) is 6.47. The van der Waals surface area contributed by atoms with Gasteiger partial charge in [0.15, 0.2) is 11.5 Å². The van der Waals surface area contributed by atoms with Gasteiger partial charge in [0.05, 0.1) is 37.0 Å². The van der Waals surface area contributed by atoms with Crippen LogP contribution in [0.25, 0.3) is 0 Å². The van der Waals surface area contributed by atoms with Crippen LogP contribution >= 0.6 is 0 Å². The molecule has 8 heteroatoms. The van der Waals surface area contributed by atoms with Crippen LogP contribution in [0.5, 0.6) is 11.5 Å². The number of aryl methyl sites for hydroxylation is 1. The normalized spacial score (nSPS) is 11.2. The van der Waals surface area contributed by atoms with Crippen LogP contribution in [-0.2, 0) is 16.6 Å². The number of benzene rings is 1. The van der Waals surface area contributed by atoms with E-state index in [0.29, 0.717) is 17.2 Å². The lowest BCUT2D eigenvalue weighted by atomic mass is 10.3. The number of sulfonamides is 1. The Bertz CT molecular complexity index is 745. The minimum atomic E-state index is -3.68. The van der Waals surface area contributed by atoms with Gasteiger partial charge in [-0.2, -0.15) is 10.2 Å². The Balaban J connectivity index is 2.17. The maximum absolute atomic E-state index is 12.3. The summed E-state index contributed by atoms with van der Waals surface area (Å²) < 4.78 is 37.2. The lowest BCUT2D eigenvalue weighted by molar-refractivity contribution is 0.354. The summed E-state index contributed by atoms with van der Waals surface area (Å²) in [5.41, 5.74) is 1.31. The highest BCUT2D eigenvalue weighted by atomic mass is 32.2. The zero-order valence-electron chi connectivity index (χ0n) is 12.5. The summed E-state index contributed by atoms with van der Waals surface area (Å²) in [6.07, 6.45) is 0. The summed E-state index contributed by atoms with van der Waals surface area (Å²) in [5, 5.41) is 7.80. The van der Waals surface area contributed by atoms with Crippen molar-refractivity contribution >= 4 is 10.0 Å². The second-order valence-electron chi connectivity index (χ2n) is 4.51. The number of rotatable bonds is 6. The van der Waals surface area contributed by atoms with E-state index < -0.39 is 10.0 Å². The molecule has 0 unspecified atom stereocenters. The maximum atomic E-state index is 12.3. The second kappa shape index (κ2) is 6.71. The summed E-state index contributed by atoms with van der Waals surface area (Å²) in [6, 6.07) is 7.89. The van der Waals surface area contributed by atoms with Crippen LogP contribution in [0, 0.1) is 6.92 Å². The standard InChI is InChI=1S/C14H17N3O4S/c1-10-4-5-11(17-16-10)9-15-22(18,19)12-6-7-13(20-2)14(8-12)21-3/h4-8,15H,9H2,1-3H3. The molecule has 0 fully saturated rings. The maximum Gasteiger partial charge on any atom is 0.241 e. The van der Waals surface area contributed by atoms with Crippen molar-refractivity contribution in [2.45, 2.75) is 18.4 Å². The zero-order valence-corrected chi connectivity index (χ0v) is 13.3. The molecule has 0 atom stereocenters. The summed E-state index contributed by atoms with van der Waals surface area (Å²) in [5.74, 6) is 0.811. The SMILES string of the molecule is COc1ccc(S(=O)(=O)NCc2ccc(C)nn2)cc1OC. The van der Waals surface area contributed by atoms with E-state index in [-0.39, 0.29) is 11.4 Å². The van der Waals surface area contributed by atoms with E-state index in [2.05, 4.69) is 14.9 Å². The predicted octanol–water partition coefficient (Wildman–Crippen LogP) is 1.28. The molecule has 1 aromatic carbocycles. The molecule has 0 amide bonds. The molecule has 2 rings (SSSR count). The molecule has 0 aliphatic carbocycles. The first-order valence-corrected chi connectivity index (χ1v) is 7.95. The van der Waals surface area contributed by atoms with Crippen molar-refractivity contribution in [1.82, 2.24) is 14.9 Å². The number of nitrogens with zero attached hydrogens (tertiary/aromatic N) is 2. The number of ether oxygens (including phenoxy) is 2. The minimum absolute atomic E-state index is 0.0595. The van der Waals surface area contributed by atoms with Gasteiger partial charge in [-0.1, -0.05) is 0 Å². The third-order valence-corrected chi connectivity index (χ3v) is 4.36. The summed E-state index contributed by atoms with van der Waals surface area (Å²) in [7, 11) is -0.745. The topological polar surface area (TPSA) is 90.4 Å². The molecule has 0 saturated carbocycles. The molecule has 1 aromatic heterocycles. The fourth-order valence-electron chi connectivity index (χ4n) is 1.76. The molecule has 118 valence electrons. The highest BCUT2D eigenvalue weighted by molar-refractivity contribution is 7.89. The van der Waals surface area contributed by atoms with Crippen molar-refractivity contribution in [1.29, 1.82) is 0 Å². The van der Waals surface area contributed by atoms with Crippen LogP contribution in [0.3, 0.4) is 0 Å². The molecule has 0 aliphatic rings. The van der Waals surface area contributed by atoms with E-state index >= 15 is 0 Å². The quantitative estimate of drug-likeness (QED) is 0.861. The van der Waals surface area contributed by atoms with Crippen LogP contribution in [0.4, 0.5) is 0 Å². The molecule has 1 heterocycles. The molecule has 0 radical (unpaired) electrons. The molecular formula is C14H17N3O4S. The number of aromatic nitrogens is 2. The first-order chi connectivity index (χ1) is 10.5. The molecule has 1 N–H and O–H groups in total. The summed E-state index contributed by atoms with van der Waals surface area (Å²) in [4.78, 5) is 0.0882. The number of hydrogen-bond acceptors (Lipinski definition) is 6. The molecular weight excluding hydrogens is 306 g/mol. The second-order valence-corrected chi connectivity index (χ2v) is 6.27. The van der Waals surface area contributed by atoms with E-state index in [0.717, 1.165) is 5.69 Å². The fraction of sp³-hybridized carbons (Fsp3) is 0.286. The van der Waals surface area contributed by atoms with Gasteiger partial charge in [-0.05, 0) is 31.2 Å². The molecule has 7 nitrogen and oxygen atoms in total. The van der Waals surface area contributed by atoms with Gasteiger partial charge in [0.1, 0.15) is 0 Å².